The zero-order valence-corrected chi connectivity index (χ0v) is 13.6. The Morgan fingerprint density at radius 1 is 1.22 bits per heavy atom. The Labute approximate surface area is 136 Å². The predicted molar refractivity (Wildman–Crippen MR) is 82.5 cm³/mol. The lowest BCUT2D eigenvalue weighted by molar-refractivity contribution is -0.310. The number of rotatable bonds is 2. The van der Waals surface area contributed by atoms with Crippen LogP contribution in [0.4, 0.5) is 0 Å². The molecule has 23 heavy (non-hydrogen) atoms. The lowest BCUT2D eigenvalue weighted by Crippen LogP contribution is -2.57. The summed E-state index contributed by atoms with van der Waals surface area (Å²) in [6.45, 7) is 4.12. The van der Waals surface area contributed by atoms with Crippen LogP contribution >= 0.6 is 0 Å². The summed E-state index contributed by atoms with van der Waals surface area (Å²) in [6.07, 6.45) is 3.21. The van der Waals surface area contributed by atoms with Crippen molar-refractivity contribution in [3.8, 4) is 0 Å². The molecule has 1 aliphatic carbocycles. The average molecular weight is 316 g/mol. The summed E-state index contributed by atoms with van der Waals surface area (Å²) in [5.74, 6) is -0.963. The minimum absolute atomic E-state index is 0.00825. The number of hydrogen-bond donors (Lipinski definition) is 0. The zero-order valence-electron chi connectivity index (χ0n) is 13.6. The minimum Gasteiger partial charge on any atom is -0.548 e. The summed E-state index contributed by atoms with van der Waals surface area (Å²) in [5.41, 5.74) is 0.751. The maximum atomic E-state index is 13.0. The second-order valence-electron chi connectivity index (χ2n) is 6.82. The monoisotopic (exact) mass is 316 g/mol. The minimum atomic E-state index is -1.25. The molecule has 1 aromatic rings. The maximum absolute atomic E-state index is 13.0. The Balaban J connectivity index is 1.94. The Morgan fingerprint density at radius 2 is 1.83 bits per heavy atom. The fourth-order valence-electron chi connectivity index (χ4n) is 3.60. The first-order valence-corrected chi connectivity index (χ1v) is 8.18. The van der Waals surface area contributed by atoms with E-state index in [0.29, 0.717) is 24.3 Å². The molecule has 1 aromatic carbocycles. The van der Waals surface area contributed by atoms with Crippen LogP contribution in [0.15, 0.2) is 24.3 Å². The van der Waals surface area contributed by atoms with Gasteiger partial charge in [0.15, 0.2) is 0 Å². The predicted octanol–water partition coefficient (Wildman–Crippen LogP) is 1.49. The molecule has 1 heterocycles. The molecule has 2 aliphatic rings. The van der Waals surface area contributed by atoms with Gasteiger partial charge in [0, 0.05) is 5.56 Å². The van der Waals surface area contributed by atoms with Crippen LogP contribution < -0.4 is 5.11 Å². The Kier molecular flexibility index (Phi) is 4.15. The molecule has 0 N–H and O–H groups in total. The van der Waals surface area contributed by atoms with Crippen LogP contribution in [-0.4, -0.2) is 35.2 Å². The van der Waals surface area contributed by atoms with Gasteiger partial charge in [0.25, 0.3) is 5.91 Å². The van der Waals surface area contributed by atoms with Crippen LogP contribution in [0.1, 0.15) is 48.5 Å². The molecule has 1 amide bonds. The van der Waals surface area contributed by atoms with Gasteiger partial charge in [0.1, 0.15) is 5.72 Å². The SMILES string of the molecule is Cc1ccc(C(=O)N2[C@@H](C(=O)[O-])COC23CCC(C)CC3)cc1. The summed E-state index contributed by atoms with van der Waals surface area (Å²) < 4.78 is 5.87. The number of aliphatic carboxylic acids is 1. The van der Waals surface area contributed by atoms with Crippen LogP contribution in [0.25, 0.3) is 0 Å². The highest BCUT2D eigenvalue weighted by atomic mass is 16.5. The van der Waals surface area contributed by atoms with E-state index in [4.69, 9.17) is 4.74 Å². The molecule has 0 radical (unpaired) electrons. The van der Waals surface area contributed by atoms with Gasteiger partial charge in [0.05, 0.1) is 18.6 Å². The van der Waals surface area contributed by atoms with E-state index in [1.165, 1.54) is 4.90 Å². The summed E-state index contributed by atoms with van der Waals surface area (Å²) in [5, 5.41) is 11.5. The van der Waals surface area contributed by atoms with Crippen LogP contribution in [0.3, 0.4) is 0 Å². The Bertz CT molecular complexity index is 602. The van der Waals surface area contributed by atoms with E-state index in [2.05, 4.69) is 6.92 Å². The van der Waals surface area contributed by atoms with Gasteiger partial charge in [-0.3, -0.25) is 9.69 Å². The summed E-state index contributed by atoms with van der Waals surface area (Å²) in [7, 11) is 0. The van der Waals surface area contributed by atoms with Crippen LogP contribution in [0.5, 0.6) is 0 Å². The molecular weight excluding hydrogens is 294 g/mol. The number of amides is 1. The highest BCUT2D eigenvalue weighted by Crippen LogP contribution is 2.42. The molecule has 3 rings (SSSR count). The number of carbonyl (C=O) groups is 2. The number of carboxylic acid groups (broad SMARTS) is 1. The van der Waals surface area contributed by atoms with E-state index in [1.807, 2.05) is 19.1 Å². The fourth-order valence-corrected chi connectivity index (χ4v) is 3.60. The number of aryl methyl sites for hydroxylation is 1. The highest BCUT2D eigenvalue weighted by molar-refractivity contribution is 5.97. The zero-order chi connectivity index (χ0) is 16.6. The number of nitrogens with zero attached hydrogens (tertiary/aromatic N) is 1. The van der Waals surface area contributed by atoms with Crippen molar-refractivity contribution in [3.63, 3.8) is 0 Å². The highest BCUT2D eigenvalue weighted by Gasteiger charge is 2.51. The second-order valence-corrected chi connectivity index (χ2v) is 6.82. The molecule has 2 fully saturated rings. The molecule has 0 bridgehead atoms. The second kappa shape index (κ2) is 5.96. The molecule has 5 nitrogen and oxygen atoms in total. The molecule has 5 heteroatoms. The molecule has 124 valence electrons. The van der Waals surface area contributed by atoms with E-state index in [-0.39, 0.29) is 12.5 Å². The van der Waals surface area contributed by atoms with Crippen molar-refractivity contribution in [2.24, 2.45) is 5.92 Å². The van der Waals surface area contributed by atoms with Gasteiger partial charge in [-0.25, -0.2) is 0 Å². The standard InChI is InChI=1S/C18H23NO4/c1-12-3-5-14(6-4-12)16(20)19-15(17(21)22)11-23-18(19)9-7-13(2)8-10-18/h3-6,13,15H,7-11H2,1-2H3,(H,21,22)/p-1/t13?,15-,18?/m1/s1. The van der Waals surface area contributed by atoms with Gasteiger partial charge in [-0.2, -0.15) is 0 Å². The molecule has 1 saturated heterocycles. The number of benzene rings is 1. The van der Waals surface area contributed by atoms with Crippen molar-refractivity contribution in [2.75, 3.05) is 6.61 Å². The van der Waals surface area contributed by atoms with Crippen molar-refractivity contribution in [3.05, 3.63) is 35.4 Å². The number of ether oxygens (including phenoxy) is 1. The van der Waals surface area contributed by atoms with E-state index in [0.717, 1.165) is 18.4 Å². The van der Waals surface area contributed by atoms with Gasteiger partial charge in [-0.1, -0.05) is 24.6 Å². The summed E-state index contributed by atoms with van der Waals surface area (Å²) in [4.78, 5) is 25.9. The molecule has 0 unspecified atom stereocenters. The topological polar surface area (TPSA) is 69.7 Å². The van der Waals surface area contributed by atoms with Gasteiger partial charge < -0.3 is 14.6 Å². The van der Waals surface area contributed by atoms with E-state index >= 15 is 0 Å². The van der Waals surface area contributed by atoms with Crippen molar-refractivity contribution < 1.29 is 19.4 Å². The molecule has 1 saturated carbocycles. The normalized spacial score (nSPS) is 30.6. The Morgan fingerprint density at radius 3 is 2.39 bits per heavy atom. The van der Waals surface area contributed by atoms with Crippen LogP contribution in [-0.2, 0) is 9.53 Å². The first-order valence-electron chi connectivity index (χ1n) is 8.18. The van der Waals surface area contributed by atoms with E-state index in [1.54, 1.807) is 12.1 Å². The van der Waals surface area contributed by atoms with Crippen molar-refractivity contribution in [1.82, 2.24) is 4.90 Å². The van der Waals surface area contributed by atoms with Gasteiger partial charge in [-0.05, 0) is 50.7 Å². The quantitative estimate of drug-likeness (QED) is 0.829. The summed E-state index contributed by atoms with van der Waals surface area (Å²) in [6, 6.07) is 6.17. The third-order valence-corrected chi connectivity index (χ3v) is 5.11. The van der Waals surface area contributed by atoms with Crippen molar-refractivity contribution in [2.45, 2.75) is 51.3 Å². The largest absolute Gasteiger partial charge is 0.548 e. The third kappa shape index (κ3) is 2.85. The number of carbonyl (C=O) groups excluding carboxylic acids is 2. The first kappa shape index (κ1) is 16.0. The van der Waals surface area contributed by atoms with Crippen molar-refractivity contribution in [1.29, 1.82) is 0 Å². The first-order chi connectivity index (χ1) is 10.9. The van der Waals surface area contributed by atoms with E-state index < -0.39 is 17.7 Å². The lowest BCUT2D eigenvalue weighted by Gasteiger charge is -2.43. The van der Waals surface area contributed by atoms with Crippen molar-refractivity contribution >= 4 is 11.9 Å². The molecular formula is C18H22NO4-. The smallest absolute Gasteiger partial charge is 0.256 e. The number of carboxylic acids is 1. The molecule has 1 atom stereocenters. The number of hydrogen-bond acceptors (Lipinski definition) is 4. The molecule has 1 aliphatic heterocycles. The average Bonchev–Trinajstić information content (AvgIpc) is 2.90. The maximum Gasteiger partial charge on any atom is 0.256 e. The Hall–Kier alpha value is -1.88. The van der Waals surface area contributed by atoms with Gasteiger partial charge >= 0.3 is 0 Å². The summed E-state index contributed by atoms with van der Waals surface area (Å²) >= 11 is 0. The van der Waals surface area contributed by atoms with Crippen LogP contribution in [0.2, 0.25) is 0 Å². The molecule has 0 aromatic heterocycles. The lowest BCUT2D eigenvalue weighted by atomic mass is 9.83. The van der Waals surface area contributed by atoms with Gasteiger partial charge in [-0.15, -0.1) is 0 Å². The molecule has 1 spiro atoms. The van der Waals surface area contributed by atoms with Gasteiger partial charge in [0.2, 0.25) is 0 Å². The third-order valence-electron chi connectivity index (χ3n) is 5.11. The van der Waals surface area contributed by atoms with Crippen LogP contribution in [0, 0.1) is 12.8 Å². The fraction of sp³-hybridized carbons (Fsp3) is 0.556. The van der Waals surface area contributed by atoms with E-state index in [9.17, 15) is 14.7 Å².